The third-order valence-corrected chi connectivity index (χ3v) is 7.06. The van der Waals surface area contributed by atoms with Crippen molar-refractivity contribution in [1.82, 2.24) is 9.66 Å². The van der Waals surface area contributed by atoms with Crippen LogP contribution >= 0.6 is 61.1 Å². The molecule has 0 unspecified atom stereocenters. The van der Waals surface area contributed by atoms with Gasteiger partial charge in [0.15, 0.2) is 0 Å². The highest BCUT2D eigenvalue weighted by molar-refractivity contribution is 14.1. The average molecular weight is 746 g/mol. The van der Waals surface area contributed by atoms with E-state index in [2.05, 4.69) is 71.2 Å². The largest absolute Gasteiger partial charge is 0.487 e. The monoisotopic (exact) mass is 745 g/mol. The molecule has 5 nitrogen and oxygen atoms in total. The van der Waals surface area contributed by atoms with Crippen molar-refractivity contribution in [2.75, 3.05) is 0 Å². The van der Waals surface area contributed by atoms with E-state index in [1.54, 1.807) is 18.3 Å². The fourth-order valence-electron chi connectivity index (χ4n) is 3.35. The molecule has 3 aromatic carbocycles. The van der Waals surface area contributed by atoms with E-state index in [0.29, 0.717) is 16.7 Å². The molecule has 174 valence electrons. The normalized spacial score (nSPS) is 11.6. The molecule has 0 saturated heterocycles. The van der Waals surface area contributed by atoms with Gasteiger partial charge in [-0.3, -0.25) is 4.79 Å². The number of ether oxygens (including phenoxy) is 1. The first-order valence-corrected chi connectivity index (χ1v) is 13.3. The summed E-state index contributed by atoms with van der Waals surface area (Å²) in [4.78, 5) is 17.9. The molecule has 0 bridgehead atoms. The van der Waals surface area contributed by atoms with Crippen LogP contribution in [0, 0.1) is 13.0 Å². The summed E-state index contributed by atoms with van der Waals surface area (Å²) in [5.41, 5.74) is 2.01. The maximum Gasteiger partial charge on any atom is 0.282 e. The predicted molar refractivity (Wildman–Crippen MR) is 153 cm³/mol. The van der Waals surface area contributed by atoms with E-state index in [1.807, 2.05) is 44.2 Å². The van der Waals surface area contributed by atoms with Crippen molar-refractivity contribution in [3.05, 3.63) is 99.3 Å². The molecule has 0 fully saturated rings. The summed E-state index contributed by atoms with van der Waals surface area (Å²) in [6, 6.07) is 15.7. The lowest BCUT2D eigenvalue weighted by Crippen LogP contribution is -2.23. The molecule has 0 aliphatic heterocycles. The Bertz CT molecular complexity index is 1450. The Morgan fingerprint density at radius 2 is 1.88 bits per heavy atom. The number of halogens is 4. The summed E-state index contributed by atoms with van der Waals surface area (Å²) < 4.78 is 23.4. The number of nitrogens with zero attached hydrogens (tertiary/aromatic N) is 3. The van der Waals surface area contributed by atoms with Gasteiger partial charge in [0.2, 0.25) is 0 Å². The Balaban J connectivity index is 1.66. The minimum atomic E-state index is -0.288. The standard InChI is InChI=1S/C25H19BrFI2N3O2/c1-14(2)24-31-22-7-6-17(26)11-19(22)25(33)32(24)30-12-16-9-20(28)23(21(29)10-16)34-13-15-4-3-5-18(27)8-15/h3-12,14H,13H2,1-2H3. The SMILES string of the molecule is CC(C)c1nc2ccc(Br)cc2c(=O)n1N=Cc1cc(I)c(OCc2cccc(F)c2)c(I)c1. The molecule has 4 aromatic rings. The maximum absolute atomic E-state index is 13.4. The summed E-state index contributed by atoms with van der Waals surface area (Å²) in [6.45, 7) is 4.23. The van der Waals surface area contributed by atoms with Crippen molar-refractivity contribution in [1.29, 1.82) is 0 Å². The third kappa shape index (κ3) is 5.68. The third-order valence-electron chi connectivity index (χ3n) is 4.96. The highest BCUT2D eigenvalue weighted by Gasteiger charge is 2.14. The molecular weight excluding hydrogens is 727 g/mol. The first-order valence-electron chi connectivity index (χ1n) is 10.4. The molecule has 0 amide bonds. The van der Waals surface area contributed by atoms with Gasteiger partial charge in [0.05, 0.1) is 24.3 Å². The first-order chi connectivity index (χ1) is 16.2. The van der Waals surface area contributed by atoms with Crippen LogP contribution in [-0.4, -0.2) is 15.9 Å². The van der Waals surface area contributed by atoms with Crippen molar-refractivity contribution in [2.24, 2.45) is 5.10 Å². The van der Waals surface area contributed by atoms with Crippen molar-refractivity contribution in [3.8, 4) is 5.75 Å². The fourth-order valence-corrected chi connectivity index (χ4v) is 5.84. The minimum Gasteiger partial charge on any atom is -0.487 e. The number of benzene rings is 3. The Morgan fingerprint density at radius 1 is 1.15 bits per heavy atom. The van der Waals surface area contributed by atoms with Crippen LogP contribution in [0.25, 0.3) is 10.9 Å². The van der Waals surface area contributed by atoms with Gasteiger partial charge in [-0.25, -0.2) is 9.37 Å². The number of rotatable bonds is 6. The summed E-state index contributed by atoms with van der Waals surface area (Å²) in [6.07, 6.45) is 1.65. The molecule has 0 atom stereocenters. The van der Waals surface area contributed by atoms with Gasteiger partial charge in [-0.1, -0.05) is 41.9 Å². The molecule has 34 heavy (non-hydrogen) atoms. The lowest BCUT2D eigenvalue weighted by molar-refractivity contribution is 0.301. The van der Waals surface area contributed by atoms with Crippen LogP contribution < -0.4 is 10.3 Å². The topological polar surface area (TPSA) is 56.5 Å². The van der Waals surface area contributed by atoms with E-state index < -0.39 is 0 Å². The van der Waals surface area contributed by atoms with E-state index in [1.165, 1.54) is 16.8 Å². The molecular formula is C25H19BrFI2N3O2. The summed E-state index contributed by atoms with van der Waals surface area (Å²) >= 11 is 7.83. The van der Waals surface area contributed by atoms with Gasteiger partial charge in [0.25, 0.3) is 5.56 Å². The zero-order valence-corrected chi connectivity index (χ0v) is 24.1. The Morgan fingerprint density at radius 3 is 2.56 bits per heavy atom. The second-order valence-corrected chi connectivity index (χ2v) is 11.1. The van der Waals surface area contributed by atoms with Gasteiger partial charge in [0.1, 0.15) is 24.0 Å². The number of hydrogen-bond donors (Lipinski definition) is 0. The molecule has 4 rings (SSSR count). The lowest BCUT2D eigenvalue weighted by Gasteiger charge is -2.13. The number of fused-ring (bicyclic) bond motifs is 1. The molecule has 0 N–H and O–H groups in total. The van der Waals surface area contributed by atoms with Crippen molar-refractivity contribution in [2.45, 2.75) is 26.4 Å². The van der Waals surface area contributed by atoms with Crippen LogP contribution in [0.3, 0.4) is 0 Å². The Labute approximate surface area is 231 Å². The van der Waals surface area contributed by atoms with Gasteiger partial charge >= 0.3 is 0 Å². The van der Waals surface area contributed by atoms with Gasteiger partial charge < -0.3 is 4.74 Å². The van der Waals surface area contributed by atoms with Gasteiger partial charge in [-0.2, -0.15) is 9.78 Å². The highest BCUT2D eigenvalue weighted by atomic mass is 127. The van der Waals surface area contributed by atoms with E-state index in [0.717, 1.165) is 28.5 Å². The van der Waals surface area contributed by atoms with Crippen LogP contribution in [0.4, 0.5) is 4.39 Å². The molecule has 9 heteroatoms. The van der Waals surface area contributed by atoms with Crippen LogP contribution in [0.1, 0.15) is 36.7 Å². The number of hydrogen-bond acceptors (Lipinski definition) is 4. The minimum absolute atomic E-state index is 0.0109. The van der Waals surface area contributed by atoms with Crippen molar-refractivity contribution < 1.29 is 9.13 Å². The second kappa shape index (κ2) is 10.8. The zero-order valence-electron chi connectivity index (χ0n) is 18.2. The molecule has 1 heterocycles. The Hall–Kier alpha value is -1.86. The summed E-state index contributed by atoms with van der Waals surface area (Å²) in [7, 11) is 0. The second-order valence-electron chi connectivity index (χ2n) is 7.88. The first kappa shape index (κ1) is 25.2. The van der Waals surface area contributed by atoms with Crippen LogP contribution in [0.2, 0.25) is 0 Å². The molecule has 0 aliphatic rings. The smallest absolute Gasteiger partial charge is 0.282 e. The van der Waals surface area contributed by atoms with Gasteiger partial charge in [-0.15, -0.1) is 0 Å². The van der Waals surface area contributed by atoms with Crippen molar-refractivity contribution >= 4 is 78.2 Å². The quantitative estimate of drug-likeness (QED) is 0.157. The molecule has 0 spiro atoms. The van der Waals surface area contributed by atoms with E-state index >= 15 is 0 Å². The molecule has 0 saturated carbocycles. The van der Waals surface area contributed by atoms with E-state index in [9.17, 15) is 9.18 Å². The zero-order chi connectivity index (χ0) is 24.4. The van der Waals surface area contributed by atoms with Crippen LogP contribution in [0.5, 0.6) is 5.75 Å². The summed E-state index contributed by atoms with van der Waals surface area (Å²) in [5, 5.41) is 5.01. The van der Waals surface area contributed by atoms with Gasteiger partial charge in [0, 0.05) is 10.4 Å². The van der Waals surface area contributed by atoms with Crippen LogP contribution in [-0.2, 0) is 6.61 Å². The molecule has 0 aliphatic carbocycles. The molecule has 1 aromatic heterocycles. The lowest BCUT2D eigenvalue weighted by atomic mass is 10.2. The van der Waals surface area contributed by atoms with E-state index in [-0.39, 0.29) is 23.9 Å². The van der Waals surface area contributed by atoms with Crippen molar-refractivity contribution in [3.63, 3.8) is 0 Å². The fraction of sp³-hybridized carbons (Fsp3) is 0.160. The maximum atomic E-state index is 13.4. The van der Waals surface area contributed by atoms with Gasteiger partial charge in [-0.05, 0) is 98.8 Å². The average Bonchev–Trinajstić information content (AvgIpc) is 2.78. The summed E-state index contributed by atoms with van der Waals surface area (Å²) in [5.74, 6) is 1.04. The molecule has 0 radical (unpaired) electrons. The Kier molecular flexibility index (Phi) is 8.03. The van der Waals surface area contributed by atoms with Crippen LogP contribution in [0.15, 0.2) is 69.0 Å². The number of aromatic nitrogens is 2. The van der Waals surface area contributed by atoms with E-state index in [4.69, 9.17) is 4.74 Å². The predicted octanol–water partition coefficient (Wildman–Crippen LogP) is 7.09. The highest BCUT2D eigenvalue weighted by Crippen LogP contribution is 2.29.